The minimum absolute atomic E-state index is 0.644. The number of thiophene rings is 4. The SMILES string of the molecule is c1ccc(-c2cc(-c3ccccc3)nc(-c3ccc(-n4c5ccccc5c5c6c(ccc54)sc4ccccc46)cc3)n2)cc1.c1ccc2c(c1)sc1ccc3c(c4ccccc4n3-c3ccc4ncsc4c3)c12.c1ccc2c(c1)sc1ccc3c(c4ccccc4n3-c3ncncn3)c12.c1ccc2sc(-n3c4ccccc4c4c5c(ccc43)sc3ccccc35)nc2c1. The van der Waals surface area contributed by atoms with Crippen LogP contribution >= 0.6 is 68.0 Å². The van der Waals surface area contributed by atoms with Gasteiger partial charge in [0.15, 0.2) is 11.0 Å². The zero-order valence-electron chi connectivity index (χ0n) is 67.9. The summed E-state index contributed by atoms with van der Waals surface area (Å²) in [5.41, 5.74) is 20.9. The van der Waals surface area contributed by atoms with Gasteiger partial charge in [-0.25, -0.2) is 34.9 Å². The molecule has 0 saturated heterocycles. The summed E-state index contributed by atoms with van der Waals surface area (Å²) in [7, 11) is 0. The molecule has 17 heteroatoms. The third kappa shape index (κ3) is 12.0. The molecular formula is C111H65N11S6. The maximum absolute atomic E-state index is 5.03. The van der Waals surface area contributed by atoms with E-state index >= 15 is 0 Å². The minimum Gasteiger partial charge on any atom is -0.309 e. The van der Waals surface area contributed by atoms with E-state index in [-0.39, 0.29) is 0 Å². The second-order valence-corrected chi connectivity index (χ2v) is 38.0. The van der Waals surface area contributed by atoms with Crippen LogP contribution in [0.2, 0.25) is 0 Å². The van der Waals surface area contributed by atoms with Crippen molar-refractivity contribution in [3.8, 4) is 56.4 Å². The number of hydrogen-bond acceptors (Lipinski definition) is 13. The monoisotopic (exact) mass is 1740 g/mol. The molecule has 29 aromatic rings. The van der Waals surface area contributed by atoms with Crippen molar-refractivity contribution in [3.63, 3.8) is 0 Å². The lowest BCUT2D eigenvalue weighted by Gasteiger charge is -2.11. The Morgan fingerprint density at radius 3 is 1.03 bits per heavy atom. The van der Waals surface area contributed by atoms with Crippen LogP contribution in [0.4, 0.5) is 0 Å². The Morgan fingerprint density at radius 1 is 0.211 bits per heavy atom. The fourth-order valence-electron chi connectivity index (χ4n) is 19.2. The van der Waals surface area contributed by atoms with Gasteiger partial charge in [0.2, 0.25) is 5.95 Å². The molecule has 11 nitrogen and oxygen atoms in total. The molecule has 0 fully saturated rings. The molecule has 29 rings (SSSR count). The van der Waals surface area contributed by atoms with Crippen molar-refractivity contribution in [2.24, 2.45) is 0 Å². The lowest BCUT2D eigenvalue weighted by molar-refractivity contribution is 0.940. The summed E-state index contributed by atoms with van der Waals surface area (Å²) < 4.78 is 22.3. The largest absolute Gasteiger partial charge is 0.309 e. The second-order valence-electron chi connectivity index (χ2n) is 31.8. The highest BCUT2D eigenvalue weighted by atomic mass is 32.1. The van der Waals surface area contributed by atoms with Gasteiger partial charge in [-0.3, -0.25) is 9.13 Å². The zero-order chi connectivity index (χ0) is 84.0. The van der Waals surface area contributed by atoms with E-state index < -0.39 is 0 Å². The maximum atomic E-state index is 5.03. The molecule has 600 valence electrons. The molecule has 0 N–H and O–H groups in total. The van der Waals surface area contributed by atoms with Crippen LogP contribution in [0.25, 0.3) is 245 Å². The van der Waals surface area contributed by atoms with Crippen molar-refractivity contribution in [2.45, 2.75) is 0 Å². The lowest BCUT2D eigenvalue weighted by atomic mass is 10.1. The van der Waals surface area contributed by atoms with Crippen LogP contribution < -0.4 is 0 Å². The number of benzene rings is 17. The summed E-state index contributed by atoms with van der Waals surface area (Å²) in [6.07, 6.45) is 3.09. The normalized spacial score (nSPS) is 11.9. The third-order valence-corrected chi connectivity index (χ3v) is 31.0. The van der Waals surface area contributed by atoms with Gasteiger partial charge in [-0.05, 0) is 158 Å². The van der Waals surface area contributed by atoms with Gasteiger partial charge in [-0.2, -0.15) is 0 Å². The maximum Gasteiger partial charge on any atom is 0.237 e. The van der Waals surface area contributed by atoms with E-state index in [0.29, 0.717) is 11.8 Å². The predicted molar refractivity (Wildman–Crippen MR) is 546 cm³/mol. The van der Waals surface area contributed by atoms with E-state index in [1.54, 1.807) is 35.3 Å². The molecule has 0 amide bonds. The first-order valence-corrected chi connectivity index (χ1v) is 47.2. The molecule has 12 aromatic heterocycles. The molecule has 0 aliphatic heterocycles. The van der Waals surface area contributed by atoms with E-state index in [9.17, 15) is 0 Å². The first kappa shape index (κ1) is 74.1. The van der Waals surface area contributed by atoms with Crippen LogP contribution in [0.1, 0.15) is 0 Å². The fourth-order valence-corrected chi connectivity index (χ4v) is 25.4. The Bertz CT molecular complexity index is 9220. The Balaban J connectivity index is 0.0000000924. The lowest BCUT2D eigenvalue weighted by Crippen LogP contribution is -2.00. The van der Waals surface area contributed by atoms with Gasteiger partial charge in [-0.15, -0.1) is 56.7 Å². The van der Waals surface area contributed by atoms with Gasteiger partial charge in [0.1, 0.15) is 12.7 Å². The standard InChI is InChI=1S/C40H25N3S.2C25H14N2S2.C21H12N4S/c1-3-11-26(12-4-1)32-25-33(27-13-5-2-6-14-27)42-40(41-32)28-19-21-29(22-20-28)43-34-17-9-7-15-30(34)38-35(43)23-24-37-39(38)31-16-8-10-18-36(31)44-37;1-4-10-18-15(7-1)23-19(27(18)25-26-17-9-3-6-12-21(17)29-25)13-14-22-24(23)16-8-2-5-11-20(16)28-22;1-3-7-19-16(5-1)24-20(27(19)15-9-10-18-23(13-15)28-14-26-18)11-12-22-25(24)17-6-2-4-8-21(17)29-22;1-3-7-15-13(5-1)19-16(25(15)21-23-11-22-12-24-21)9-10-18-20(19)14-6-2-4-8-17(14)26-18/h1-25H;2*1-14H;1-12H. The average molecular weight is 1750 g/mol. The van der Waals surface area contributed by atoms with Crippen molar-refractivity contribution in [3.05, 3.63) is 394 Å². The molecule has 0 saturated carbocycles. The molecule has 0 aliphatic rings. The minimum atomic E-state index is 0.644. The number of fused-ring (bicyclic) bond motifs is 30. The molecule has 0 radical (unpaired) electrons. The number of aromatic nitrogens is 11. The summed E-state index contributed by atoms with van der Waals surface area (Å²) in [5.74, 6) is 1.36. The topological polar surface area (TPSA) is 110 Å². The number of rotatable bonds is 7. The number of nitrogens with zero attached hydrogens (tertiary/aromatic N) is 11. The van der Waals surface area contributed by atoms with Crippen molar-refractivity contribution in [1.29, 1.82) is 0 Å². The van der Waals surface area contributed by atoms with Gasteiger partial charge in [0, 0.05) is 152 Å². The molecule has 128 heavy (non-hydrogen) atoms. The molecular weight excluding hydrogens is 1680 g/mol. The van der Waals surface area contributed by atoms with Crippen LogP contribution in [-0.2, 0) is 0 Å². The molecule has 12 heterocycles. The van der Waals surface area contributed by atoms with Crippen LogP contribution in [0.3, 0.4) is 0 Å². The van der Waals surface area contributed by atoms with Gasteiger partial charge in [-0.1, -0.05) is 230 Å². The van der Waals surface area contributed by atoms with E-state index in [4.69, 9.17) is 15.0 Å². The zero-order valence-corrected chi connectivity index (χ0v) is 72.8. The summed E-state index contributed by atoms with van der Waals surface area (Å²) in [4.78, 5) is 32.2. The fraction of sp³-hybridized carbons (Fsp3) is 0. The van der Waals surface area contributed by atoms with Crippen LogP contribution in [-0.4, -0.2) is 53.2 Å². The summed E-state index contributed by atoms with van der Waals surface area (Å²) in [5, 5.41) is 22.0. The molecule has 0 unspecified atom stereocenters. The highest BCUT2D eigenvalue weighted by molar-refractivity contribution is 7.27. The molecule has 17 aromatic carbocycles. The van der Waals surface area contributed by atoms with Crippen LogP contribution in [0, 0.1) is 0 Å². The van der Waals surface area contributed by atoms with Crippen LogP contribution in [0.15, 0.2) is 394 Å². The van der Waals surface area contributed by atoms with Gasteiger partial charge in [0.05, 0.1) is 81.5 Å². The quantitative estimate of drug-likeness (QED) is 0.156. The third-order valence-electron chi connectivity index (χ3n) is 24.7. The van der Waals surface area contributed by atoms with E-state index in [1.807, 2.05) is 87.3 Å². The highest BCUT2D eigenvalue weighted by Gasteiger charge is 2.25. The second kappa shape index (κ2) is 30.3. The van der Waals surface area contributed by atoms with Crippen molar-refractivity contribution < 1.29 is 0 Å². The van der Waals surface area contributed by atoms with Gasteiger partial charge >= 0.3 is 0 Å². The first-order chi connectivity index (χ1) is 63.5. The van der Waals surface area contributed by atoms with Crippen molar-refractivity contribution in [2.75, 3.05) is 0 Å². The molecule has 0 spiro atoms. The van der Waals surface area contributed by atoms with Crippen molar-refractivity contribution >= 4 is 256 Å². The Labute approximate surface area is 753 Å². The van der Waals surface area contributed by atoms with E-state index in [2.05, 4.69) is 378 Å². The Hall–Kier alpha value is -15.3. The molecule has 0 aliphatic carbocycles. The summed E-state index contributed by atoms with van der Waals surface area (Å²) >= 11 is 10.9. The summed E-state index contributed by atoms with van der Waals surface area (Å²) in [6, 6.07) is 134. The number of hydrogen-bond donors (Lipinski definition) is 0. The Morgan fingerprint density at radius 2 is 0.578 bits per heavy atom. The first-order valence-electron chi connectivity index (χ1n) is 42.3. The average Bonchev–Trinajstić information content (AvgIpc) is 1.58. The van der Waals surface area contributed by atoms with E-state index in [0.717, 1.165) is 61.0 Å². The highest BCUT2D eigenvalue weighted by Crippen LogP contribution is 2.50. The van der Waals surface area contributed by atoms with Gasteiger partial charge < -0.3 is 9.13 Å². The van der Waals surface area contributed by atoms with Crippen molar-refractivity contribution in [1.82, 2.24) is 53.2 Å². The number of para-hydroxylation sites is 5. The van der Waals surface area contributed by atoms with E-state index in [1.165, 1.54) is 172 Å². The molecule has 0 atom stereocenters. The molecule has 0 bridgehead atoms. The van der Waals surface area contributed by atoms with Crippen LogP contribution in [0.5, 0.6) is 0 Å². The summed E-state index contributed by atoms with van der Waals surface area (Å²) in [6.45, 7) is 0. The number of thiazole rings is 2. The Kier molecular flexibility index (Phi) is 17.5. The van der Waals surface area contributed by atoms with Gasteiger partial charge in [0.25, 0.3) is 0 Å². The predicted octanol–water partition coefficient (Wildman–Crippen LogP) is 31.8. The smallest absolute Gasteiger partial charge is 0.237 e.